The van der Waals surface area contributed by atoms with Gasteiger partial charge in [-0.05, 0) is 30.9 Å². The fourth-order valence-corrected chi connectivity index (χ4v) is 2.89. The molecule has 0 radical (unpaired) electrons. The highest BCUT2D eigenvalue weighted by molar-refractivity contribution is 5.97. The van der Waals surface area contributed by atoms with Crippen LogP contribution in [0.25, 0.3) is 0 Å². The highest BCUT2D eigenvalue weighted by Crippen LogP contribution is 2.38. The molecule has 7 heteroatoms. The Morgan fingerprint density at radius 3 is 2.78 bits per heavy atom. The molecule has 3 rings (SSSR count). The monoisotopic (exact) mass is 319 g/mol. The van der Waals surface area contributed by atoms with E-state index in [1.807, 2.05) is 0 Å². The molecule has 1 atom stereocenters. The summed E-state index contributed by atoms with van der Waals surface area (Å²) in [7, 11) is 1.78. The Hall–Kier alpha value is -2.41. The van der Waals surface area contributed by atoms with E-state index in [-0.39, 0.29) is 23.6 Å². The van der Waals surface area contributed by atoms with Crippen LogP contribution >= 0.6 is 0 Å². The second kappa shape index (κ2) is 6.00. The van der Waals surface area contributed by atoms with Gasteiger partial charge in [0.05, 0.1) is 23.9 Å². The summed E-state index contributed by atoms with van der Waals surface area (Å²) in [5.41, 5.74) is 0.847. The lowest BCUT2D eigenvalue weighted by Crippen LogP contribution is -2.41. The van der Waals surface area contributed by atoms with Gasteiger partial charge < -0.3 is 15.5 Å². The molecule has 1 heterocycles. The molecule has 1 fully saturated rings. The number of hydrogen-bond acceptors (Lipinski definition) is 4. The van der Waals surface area contributed by atoms with Crippen molar-refractivity contribution in [3.05, 3.63) is 47.5 Å². The predicted molar refractivity (Wildman–Crippen MR) is 80.2 cm³/mol. The van der Waals surface area contributed by atoms with E-state index in [2.05, 4.69) is 10.4 Å². The number of aliphatic hydroxyl groups is 1. The number of benzene rings is 1. The van der Waals surface area contributed by atoms with Crippen LogP contribution in [0.3, 0.4) is 0 Å². The molecule has 1 aliphatic rings. The van der Waals surface area contributed by atoms with Gasteiger partial charge in [-0.1, -0.05) is 0 Å². The Morgan fingerprint density at radius 2 is 2.22 bits per heavy atom. The molecular formula is C16H18FN3O3. The first-order valence-electron chi connectivity index (χ1n) is 7.40. The molecular weight excluding hydrogens is 301 g/mol. The van der Waals surface area contributed by atoms with Gasteiger partial charge >= 0.3 is 0 Å². The largest absolute Gasteiger partial charge is 0.507 e. The number of carbonyl (C=O) groups excluding carboxylic acids is 1. The quantitative estimate of drug-likeness (QED) is 0.797. The Labute approximate surface area is 132 Å². The smallest absolute Gasteiger partial charge is 0.255 e. The van der Waals surface area contributed by atoms with Crippen LogP contribution in [-0.2, 0) is 7.05 Å². The molecule has 1 aromatic carbocycles. The summed E-state index contributed by atoms with van der Waals surface area (Å²) in [5.74, 6) is -1.40. The predicted octanol–water partition coefficient (Wildman–Crippen LogP) is 1.51. The summed E-state index contributed by atoms with van der Waals surface area (Å²) >= 11 is 0. The normalized spacial score (nSPS) is 21.5. The fourth-order valence-electron chi connectivity index (χ4n) is 2.89. The number of phenols is 1. The van der Waals surface area contributed by atoms with Crippen molar-refractivity contribution in [3.8, 4) is 5.75 Å². The molecule has 1 unspecified atom stereocenters. The van der Waals surface area contributed by atoms with Gasteiger partial charge in [-0.2, -0.15) is 5.10 Å². The summed E-state index contributed by atoms with van der Waals surface area (Å²) in [6, 6.07) is 2.96. The average Bonchev–Trinajstić information content (AvgIpc) is 2.88. The van der Waals surface area contributed by atoms with Crippen LogP contribution in [0.4, 0.5) is 4.39 Å². The first kappa shape index (κ1) is 15.5. The van der Waals surface area contributed by atoms with E-state index in [1.165, 1.54) is 6.07 Å². The van der Waals surface area contributed by atoms with Gasteiger partial charge in [0.2, 0.25) is 0 Å². The number of halogens is 1. The number of aromatic hydroxyl groups is 1. The summed E-state index contributed by atoms with van der Waals surface area (Å²) in [4.78, 5) is 12.4. The van der Waals surface area contributed by atoms with Crippen LogP contribution in [-0.4, -0.2) is 32.0 Å². The molecule has 23 heavy (non-hydrogen) atoms. The van der Waals surface area contributed by atoms with Crippen LogP contribution in [0.2, 0.25) is 0 Å². The Morgan fingerprint density at radius 1 is 1.48 bits per heavy atom. The van der Waals surface area contributed by atoms with E-state index in [1.54, 1.807) is 24.1 Å². The first-order valence-corrected chi connectivity index (χ1v) is 7.40. The minimum Gasteiger partial charge on any atom is -0.507 e. The van der Waals surface area contributed by atoms with Crippen molar-refractivity contribution < 1.29 is 19.4 Å². The summed E-state index contributed by atoms with van der Waals surface area (Å²) in [5, 5.41) is 26.2. The molecule has 0 bridgehead atoms. The standard InChI is InChI=1S/C16H18FN3O3/c1-20-8-10(7-18-20)15(9-4-12(21)5-9)19-16(23)13-3-2-11(17)6-14(13)22/h2-3,6-9,12,15,21-22H,4-5H2,1H3,(H,19,23). The van der Waals surface area contributed by atoms with Crippen LogP contribution in [0, 0.1) is 11.7 Å². The number of nitrogens with zero attached hydrogens (tertiary/aromatic N) is 2. The van der Waals surface area contributed by atoms with Gasteiger partial charge in [-0.3, -0.25) is 9.48 Å². The lowest BCUT2D eigenvalue weighted by molar-refractivity contribution is 0.0235. The second-order valence-corrected chi connectivity index (χ2v) is 5.95. The topological polar surface area (TPSA) is 87.4 Å². The number of nitrogens with one attached hydrogen (secondary N) is 1. The van der Waals surface area contributed by atoms with E-state index in [9.17, 15) is 19.4 Å². The Balaban J connectivity index is 1.81. The van der Waals surface area contributed by atoms with Crippen molar-refractivity contribution in [3.63, 3.8) is 0 Å². The van der Waals surface area contributed by atoms with Crippen LogP contribution in [0.15, 0.2) is 30.6 Å². The molecule has 2 aromatic rings. The van der Waals surface area contributed by atoms with Gasteiger partial charge in [0, 0.05) is 24.9 Å². The molecule has 1 aliphatic carbocycles. The first-order chi connectivity index (χ1) is 10.9. The summed E-state index contributed by atoms with van der Waals surface area (Å²) in [6.07, 6.45) is 4.31. The highest BCUT2D eigenvalue weighted by Gasteiger charge is 2.36. The van der Waals surface area contributed by atoms with Crippen molar-refractivity contribution in [1.82, 2.24) is 15.1 Å². The molecule has 122 valence electrons. The molecule has 0 spiro atoms. The fraction of sp³-hybridized carbons (Fsp3) is 0.375. The molecule has 0 aliphatic heterocycles. The molecule has 1 amide bonds. The van der Waals surface area contributed by atoms with E-state index in [0.717, 1.165) is 17.7 Å². The van der Waals surface area contributed by atoms with Crippen LogP contribution in [0.5, 0.6) is 5.75 Å². The van der Waals surface area contributed by atoms with Gasteiger partial charge in [0.1, 0.15) is 11.6 Å². The number of aliphatic hydroxyl groups excluding tert-OH is 1. The third kappa shape index (κ3) is 3.19. The van der Waals surface area contributed by atoms with E-state index in [4.69, 9.17) is 0 Å². The Kier molecular flexibility index (Phi) is 4.04. The maximum Gasteiger partial charge on any atom is 0.255 e. The number of aromatic nitrogens is 2. The van der Waals surface area contributed by atoms with Gasteiger partial charge in [-0.25, -0.2) is 4.39 Å². The minimum absolute atomic E-state index is 0.0140. The van der Waals surface area contributed by atoms with E-state index < -0.39 is 17.5 Å². The van der Waals surface area contributed by atoms with Gasteiger partial charge in [0.15, 0.2) is 0 Å². The van der Waals surface area contributed by atoms with Crippen molar-refractivity contribution >= 4 is 5.91 Å². The highest BCUT2D eigenvalue weighted by atomic mass is 19.1. The van der Waals surface area contributed by atoms with Crippen molar-refractivity contribution in [2.24, 2.45) is 13.0 Å². The van der Waals surface area contributed by atoms with Crippen LogP contribution < -0.4 is 5.32 Å². The Bertz CT molecular complexity index is 725. The van der Waals surface area contributed by atoms with E-state index in [0.29, 0.717) is 12.8 Å². The summed E-state index contributed by atoms with van der Waals surface area (Å²) in [6.45, 7) is 0. The number of phenolic OH excluding ortho intramolecular Hbond substituents is 1. The maximum absolute atomic E-state index is 13.0. The number of amides is 1. The third-order valence-corrected chi connectivity index (χ3v) is 4.20. The van der Waals surface area contributed by atoms with Crippen molar-refractivity contribution in [1.29, 1.82) is 0 Å². The lowest BCUT2D eigenvalue weighted by atomic mass is 9.75. The van der Waals surface area contributed by atoms with E-state index >= 15 is 0 Å². The average molecular weight is 319 g/mol. The van der Waals surface area contributed by atoms with Crippen molar-refractivity contribution in [2.45, 2.75) is 25.0 Å². The third-order valence-electron chi connectivity index (χ3n) is 4.20. The number of rotatable bonds is 4. The second-order valence-electron chi connectivity index (χ2n) is 5.95. The zero-order valence-electron chi connectivity index (χ0n) is 12.6. The molecule has 6 nitrogen and oxygen atoms in total. The number of carbonyl (C=O) groups is 1. The SMILES string of the molecule is Cn1cc(C(NC(=O)c2ccc(F)cc2O)C2CC(O)C2)cn1. The molecule has 1 aromatic heterocycles. The van der Waals surface area contributed by atoms with Crippen molar-refractivity contribution in [2.75, 3.05) is 0 Å². The minimum atomic E-state index is -0.607. The van der Waals surface area contributed by atoms with Gasteiger partial charge in [0.25, 0.3) is 5.91 Å². The summed E-state index contributed by atoms with van der Waals surface area (Å²) < 4.78 is 14.7. The zero-order chi connectivity index (χ0) is 16.6. The zero-order valence-corrected chi connectivity index (χ0v) is 12.6. The number of hydrogen-bond donors (Lipinski definition) is 3. The molecule has 0 saturated heterocycles. The molecule has 1 saturated carbocycles. The van der Waals surface area contributed by atoms with Crippen LogP contribution in [0.1, 0.15) is 34.8 Å². The number of aryl methyl sites for hydroxylation is 1. The lowest BCUT2D eigenvalue weighted by Gasteiger charge is -2.37. The van der Waals surface area contributed by atoms with Gasteiger partial charge in [-0.15, -0.1) is 0 Å². The maximum atomic E-state index is 13.0. The molecule has 3 N–H and O–H groups in total.